The Bertz CT molecular complexity index is 1350. The molecule has 0 spiro atoms. The normalized spacial score (nSPS) is 10.6. The molecule has 4 aromatic rings. The predicted molar refractivity (Wildman–Crippen MR) is 122 cm³/mol. The highest BCUT2D eigenvalue weighted by molar-refractivity contribution is 7.98. The van der Waals surface area contributed by atoms with Crippen LogP contribution in [0.1, 0.15) is 16.8 Å². The average Bonchev–Trinajstić information content (AvgIpc) is 3.31. The highest BCUT2D eigenvalue weighted by Crippen LogP contribution is 2.37. The zero-order chi connectivity index (χ0) is 22.5. The fourth-order valence-corrected chi connectivity index (χ4v) is 4.33. The SMILES string of the molecule is N#Cc1c(N)nc(SCc2nccc3[nH]ccc23)c(C#N)c1-c1ccc(OCCO)cc1. The standard InChI is InChI=1S/C23H18N6O2S/c24-11-17-21(14-1-3-15(4-2-14)31-10-9-30)18(12-25)23(29-22(17)26)32-13-20-16-5-7-27-19(16)6-8-28-20/h1-8,27,30H,9-10,13H2,(H2,26,29). The van der Waals surface area contributed by atoms with E-state index in [0.717, 1.165) is 16.6 Å². The number of H-pyrrole nitrogens is 1. The van der Waals surface area contributed by atoms with Crippen LogP contribution in [0.4, 0.5) is 5.82 Å². The van der Waals surface area contributed by atoms with Crippen molar-refractivity contribution in [1.29, 1.82) is 10.5 Å². The zero-order valence-electron chi connectivity index (χ0n) is 16.9. The molecule has 0 bridgehead atoms. The first kappa shape index (κ1) is 21.2. The van der Waals surface area contributed by atoms with Crippen LogP contribution in [-0.4, -0.2) is 33.3 Å². The Kier molecular flexibility index (Phi) is 6.22. The minimum atomic E-state index is -0.0916. The van der Waals surface area contributed by atoms with Gasteiger partial charge in [-0.3, -0.25) is 4.98 Å². The van der Waals surface area contributed by atoms with Crippen LogP contribution < -0.4 is 10.5 Å². The maximum atomic E-state index is 9.95. The number of aromatic amines is 1. The third-order valence-corrected chi connectivity index (χ3v) is 5.81. The van der Waals surface area contributed by atoms with Gasteiger partial charge in [0.05, 0.1) is 17.9 Å². The topological polar surface area (TPSA) is 145 Å². The lowest BCUT2D eigenvalue weighted by molar-refractivity contribution is 0.201. The van der Waals surface area contributed by atoms with Crippen molar-refractivity contribution in [1.82, 2.24) is 15.0 Å². The number of nitrogens with one attached hydrogen (secondary N) is 1. The van der Waals surface area contributed by atoms with Crippen LogP contribution in [-0.2, 0) is 5.75 Å². The Morgan fingerprint density at radius 3 is 2.59 bits per heavy atom. The second-order valence-electron chi connectivity index (χ2n) is 6.73. The molecule has 158 valence electrons. The number of anilines is 1. The third-order valence-electron chi connectivity index (χ3n) is 4.83. The van der Waals surface area contributed by atoms with Crippen molar-refractivity contribution < 1.29 is 9.84 Å². The summed E-state index contributed by atoms with van der Waals surface area (Å²) in [7, 11) is 0. The van der Waals surface area contributed by atoms with E-state index in [1.54, 1.807) is 30.5 Å². The molecule has 9 heteroatoms. The van der Waals surface area contributed by atoms with Gasteiger partial charge in [-0.25, -0.2) is 4.98 Å². The summed E-state index contributed by atoms with van der Waals surface area (Å²) in [4.78, 5) is 12.0. The molecule has 0 aliphatic carbocycles. The highest BCUT2D eigenvalue weighted by Gasteiger charge is 2.21. The van der Waals surface area contributed by atoms with Crippen molar-refractivity contribution in [3.05, 3.63) is 65.6 Å². The number of pyridine rings is 2. The summed E-state index contributed by atoms with van der Waals surface area (Å²) in [5.74, 6) is 1.12. The number of aliphatic hydroxyl groups is 1. The number of nitrogens with zero attached hydrogens (tertiary/aromatic N) is 4. The van der Waals surface area contributed by atoms with Crippen LogP contribution in [0.15, 0.2) is 53.8 Å². The van der Waals surface area contributed by atoms with E-state index in [0.29, 0.717) is 27.7 Å². The molecule has 0 atom stereocenters. The van der Waals surface area contributed by atoms with Gasteiger partial charge in [-0.15, -0.1) is 0 Å². The van der Waals surface area contributed by atoms with E-state index < -0.39 is 0 Å². The van der Waals surface area contributed by atoms with E-state index in [1.165, 1.54) is 11.8 Å². The number of aromatic nitrogens is 3. The first-order chi connectivity index (χ1) is 15.7. The van der Waals surface area contributed by atoms with E-state index in [4.69, 9.17) is 15.6 Å². The number of nitrogens with two attached hydrogens (primary N) is 1. The average molecular weight is 443 g/mol. The molecule has 0 aliphatic heterocycles. The number of nitriles is 2. The molecule has 0 amide bonds. The monoisotopic (exact) mass is 442 g/mol. The van der Waals surface area contributed by atoms with Gasteiger partial charge in [0, 0.05) is 34.6 Å². The number of hydrogen-bond acceptors (Lipinski definition) is 8. The van der Waals surface area contributed by atoms with Crippen LogP contribution in [0.3, 0.4) is 0 Å². The minimum Gasteiger partial charge on any atom is -0.491 e. The largest absolute Gasteiger partial charge is 0.491 e. The molecule has 0 saturated heterocycles. The molecule has 0 fully saturated rings. The molecule has 0 radical (unpaired) electrons. The lowest BCUT2D eigenvalue weighted by atomic mass is 9.97. The number of rotatable bonds is 7. The summed E-state index contributed by atoms with van der Waals surface area (Å²) in [5.41, 5.74) is 9.46. The number of hydrogen-bond donors (Lipinski definition) is 3. The molecule has 0 saturated carbocycles. The summed E-state index contributed by atoms with van der Waals surface area (Å²) >= 11 is 1.35. The summed E-state index contributed by atoms with van der Waals surface area (Å²) in [5, 5.41) is 30.0. The Labute approximate surface area is 188 Å². The molecule has 4 N–H and O–H groups in total. The molecular weight excluding hydrogens is 424 g/mol. The van der Waals surface area contributed by atoms with E-state index in [-0.39, 0.29) is 30.2 Å². The highest BCUT2D eigenvalue weighted by atomic mass is 32.2. The lowest BCUT2D eigenvalue weighted by Crippen LogP contribution is -2.04. The summed E-state index contributed by atoms with van der Waals surface area (Å²) in [6.07, 6.45) is 3.58. The Morgan fingerprint density at radius 2 is 1.88 bits per heavy atom. The number of fused-ring (bicyclic) bond motifs is 1. The van der Waals surface area contributed by atoms with E-state index in [1.807, 2.05) is 18.3 Å². The van der Waals surface area contributed by atoms with Crippen LogP contribution >= 0.6 is 11.8 Å². The molecule has 0 unspecified atom stereocenters. The maximum Gasteiger partial charge on any atom is 0.143 e. The molecule has 4 rings (SSSR count). The van der Waals surface area contributed by atoms with Crippen LogP contribution in [0.5, 0.6) is 5.75 Å². The van der Waals surface area contributed by atoms with Gasteiger partial charge in [0.2, 0.25) is 0 Å². The number of ether oxygens (including phenoxy) is 1. The quantitative estimate of drug-likeness (QED) is 0.368. The molecular formula is C23H18N6O2S. The number of nitrogen functional groups attached to an aromatic ring is 1. The summed E-state index contributed by atoms with van der Waals surface area (Å²) in [6.45, 7) is 0.0862. The van der Waals surface area contributed by atoms with Crippen molar-refractivity contribution in [3.8, 4) is 29.0 Å². The smallest absolute Gasteiger partial charge is 0.143 e. The van der Waals surface area contributed by atoms with Crippen LogP contribution in [0.2, 0.25) is 0 Å². The zero-order valence-corrected chi connectivity index (χ0v) is 17.7. The van der Waals surface area contributed by atoms with Crippen molar-refractivity contribution in [2.24, 2.45) is 0 Å². The Balaban J connectivity index is 1.73. The third kappa shape index (κ3) is 4.08. The lowest BCUT2D eigenvalue weighted by Gasteiger charge is -2.13. The number of aliphatic hydroxyl groups excluding tert-OH is 1. The van der Waals surface area contributed by atoms with Crippen molar-refractivity contribution in [3.63, 3.8) is 0 Å². The number of benzene rings is 1. The van der Waals surface area contributed by atoms with E-state index >= 15 is 0 Å². The predicted octanol–water partition coefficient (Wildman–Crippen LogP) is 3.61. The van der Waals surface area contributed by atoms with Crippen LogP contribution in [0, 0.1) is 22.7 Å². The second kappa shape index (κ2) is 9.40. The van der Waals surface area contributed by atoms with Crippen LogP contribution in [0.25, 0.3) is 22.0 Å². The van der Waals surface area contributed by atoms with E-state index in [9.17, 15) is 10.5 Å². The van der Waals surface area contributed by atoms with Gasteiger partial charge in [0.25, 0.3) is 0 Å². The van der Waals surface area contributed by atoms with Crippen molar-refractivity contribution in [2.45, 2.75) is 10.8 Å². The van der Waals surface area contributed by atoms with Crippen molar-refractivity contribution in [2.75, 3.05) is 18.9 Å². The molecule has 1 aromatic carbocycles. The van der Waals surface area contributed by atoms with Crippen molar-refractivity contribution >= 4 is 28.5 Å². The second-order valence-corrected chi connectivity index (χ2v) is 7.70. The molecule has 8 nitrogen and oxygen atoms in total. The molecule has 32 heavy (non-hydrogen) atoms. The maximum absolute atomic E-state index is 9.95. The van der Waals surface area contributed by atoms with Gasteiger partial charge >= 0.3 is 0 Å². The molecule has 3 aromatic heterocycles. The minimum absolute atomic E-state index is 0.0671. The van der Waals surface area contributed by atoms with E-state index in [2.05, 4.69) is 27.1 Å². The number of thioether (sulfide) groups is 1. The first-order valence-electron chi connectivity index (χ1n) is 9.67. The Morgan fingerprint density at radius 1 is 1.09 bits per heavy atom. The Hall–Kier alpha value is -4.05. The van der Waals surface area contributed by atoms with Gasteiger partial charge in [-0.05, 0) is 29.8 Å². The molecule has 0 aliphatic rings. The fourth-order valence-electron chi connectivity index (χ4n) is 3.37. The van der Waals surface area contributed by atoms with Gasteiger partial charge in [-0.1, -0.05) is 23.9 Å². The molecule has 3 heterocycles. The van der Waals surface area contributed by atoms with Gasteiger partial charge in [0.15, 0.2) is 0 Å². The van der Waals surface area contributed by atoms with Gasteiger partial charge in [0.1, 0.15) is 40.9 Å². The first-order valence-corrected chi connectivity index (χ1v) is 10.7. The van der Waals surface area contributed by atoms with Gasteiger partial charge in [-0.2, -0.15) is 10.5 Å². The van der Waals surface area contributed by atoms with Gasteiger partial charge < -0.3 is 20.6 Å². The summed E-state index contributed by atoms with van der Waals surface area (Å²) < 4.78 is 5.39. The summed E-state index contributed by atoms with van der Waals surface area (Å²) in [6, 6.07) is 15.1. The fraction of sp³-hybridized carbons (Fsp3) is 0.130.